The summed E-state index contributed by atoms with van der Waals surface area (Å²) in [6, 6.07) is 5.23. The van der Waals surface area contributed by atoms with Crippen LogP contribution < -0.4 is 0 Å². The smallest absolute Gasteiger partial charge is 0.360 e. The zero-order valence-corrected chi connectivity index (χ0v) is 13.4. The van der Waals surface area contributed by atoms with E-state index in [0.29, 0.717) is 0 Å². The monoisotopic (exact) mass is 374 g/mol. The number of allylic oxidation sites excluding steroid dienone is 2. The second-order valence-electron chi connectivity index (χ2n) is 5.37. The molecule has 0 bridgehead atoms. The van der Waals surface area contributed by atoms with Crippen molar-refractivity contribution < 1.29 is 30.9 Å². The fourth-order valence-electron chi connectivity index (χ4n) is 2.51. The van der Waals surface area contributed by atoms with Crippen LogP contribution in [0.2, 0.25) is 0 Å². The topological polar surface area (TPSA) is 79.2 Å². The Bertz CT molecular complexity index is 849. The number of amidine groups is 1. The molecule has 2 aliphatic heterocycles. The molecule has 0 saturated heterocycles. The van der Waals surface area contributed by atoms with Crippen LogP contribution in [0.4, 0.5) is 13.2 Å². The Kier molecular flexibility index (Phi) is 4.21. The van der Waals surface area contributed by atoms with Gasteiger partial charge in [-0.2, -0.15) is 21.6 Å². The first kappa shape index (κ1) is 17.6. The van der Waals surface area contributed by atoms with Gasteiger partial charge in [-0.15, -0.1) is 0 Å². The molecule has 2 aliphatic rings. The number of nitrogens with zero attached hydrogens (tertiary/aromatic N) is 2. The van der Waals surface area contributed by atoms with E-state index in [1.165, 1.54) is 48.7 Å². The molecule has 10 heteroatoms. The van der Waals surface area contributed by atoms with Crippen molar-refractivity contribution in [2.75, 3.05) is 6.61 Å². The molecule has 1 aromatic rings. The average molecular weight is 374 g/mol. The molecule has 0 saturated carbocycles. The van der Waals surface area contributed by atoms with E-state index in [9.17, 15) is 26.7 Å². The lowest BCUT2D eigenvalue weighted by molar-refractivity contribution is -0.268. The van der Waals surface area contributed by atoms with Gasteiger partial charge in [0, 0.05) is 6.20 Å². The molecule has 25 heavy (non-hydrogen) atoms. The summed E-state index contributed by atoms with van der Waals surface area (Å²) in [5.74, 6) is -0.131. The standard InChI is InChI=1S/C15H13F3N2O4S/c16-15(17,18)14(21)12(20-9-5-4-8-13(20)19-14)10-24-25(22,23)11-6-2-1-3-7-11/h1-9,12,21H,10H2/t12-,14-/m0/s1. The number of benzene rings is 1. The van der Waals surface area contributed by atoms with Gasteiger partial charge < -0.3 is 10.0 Å². The van der Waals surface area contributed by atoms with E-state index in [2.05, 4.69) is 4.99 Å². The fourth-order valence-corrected chi connectivity index (χ4v) is 3.44. The predicted molar refractivity (Wildman–Crippen MR) is 81.9 cm³/mol. The molecular weight excluding hydrogens is 361 g/mol. The number of aliphatic hydroxyl groups is 1. The van der Waals surface area contributed by atoms with Crippen LogP contribution >= 0.6 is 0 Å². The zero-order chi connectivity index (χ0) is 18.3. The number of hydrogen-bond donors (Lipinski definition) is 1. The molecule has 1 N–H and O–H groups in total. The molecule has 2 atom stereocenters. The molecule has 0 fully saturated rings. The minimum absolute atomic E-state index is 0.131. The second kappa shape index (κ2) is 5.97. The van der Waals surface area contributed by atoms with Gasteiger partial charge in [0.05, 0.1) is 11.5 Å². The molecule has 0 spiro atoms. The highest BCUT2D eigenvalue weighted by Crippen LogP contribution is 2.41. The van der Waals surface area contributed by atoms with Crippen LogP contribution in [0.1, 0.15) is 0 Å². The quantitative estimate of drug-likeness (QED) is 0.814. The van der Waals surface area contributed by atoms with E-state index in [1.807, 2.05) is 0 Å². The molecule has 134 valence electrons. The molecule has 6 nitrogen and oxygen atoms in total. The van der Waals surface area contributed by atoms with Crippen LogP contribution in [0.25, 0.3) is 0 Å². The summed E-state index contributed by atoms with van der Waals surface area (Å²) in [4.78, 5) is 4.17. The van der Waals surface area contributed by atoms with Gasteiger partial charge in [0.2, 0.25) is 0 Å². The Morgan fingerprint density at radius 2 is 1.92 bits per heavy atom. The van der Waals surface area contributed by atoms with Gasteiger partial charge in [0.1, 0.15) is 11.9 Å². The number of alkyl halides is 3. The van der Waals surface area contributed by atoms with Crippen molar-refractivity contribution >= 4 is 16.0 Å². The van der Waals surface area contributed by atoms with Crippen molar-refractivity contribution in [3.05, 3.63) is 54.8 Å². The Morgan fingerprint density at radius 1 is 1.24 bits per heavy atom. The minimum Gasteiger partial charge on any atom is -0.360 e. The first-order chi connectivity index (χ1) is 11.7. The van der Waals surface area contributed by atoms with Crippen LogP contribution in [0.5, 0.6) is 0 Å². The third kappa shape index (κ3) is 3.08. The van der Waals surface area contributed by atoms with Gasteiger partial charge in [-0.3, -0.25) is 4.18 Å². The molecule has 0 unspecified atom stereocenters. The molecule has 0 aliphatic carbocycles. The van der Waals surface area contributed by atoms with Crippen molar-refractivity contribution in [3.8, 4) is 0 Å². The van der Waals surface area contributed by atoms with Crippen LogP contribution in [0.3, 0.4) is 0 Å². The molecule has 3 rings (SSSR count). The molecule has 0 aromatic heterocycles. The highest BCUT2D eigenvalue weighted by molar-refractivity contribution is 7.86. The highest BCUT2D eigenvalue weighted by atomic mass is 32.2. The Labute approximate surface area is 141 Å². The third-order valence-corrected chi connectivity index (χ3v) is 5.08. The number of rotatable bonds is 4. The number of hydrogen-bond acceptors (Lipinski definition) is 6. The molecule has 0 radical (unpaired) electrons. The summed E-state index contributed by atoms with van der Waals surface area (Å²) in [5, 5.41) is 10.1. The van der Waals surface area contributed by atoms with Crippen molar-refractivity contribution in [2.24, 2.45) is 4.99 Å². The highest BCUT2D eigenvalue weighted by Gasteiger charge is 2.64. The number of halogens is 3. The lowest BCUT2D eigenvalue weighted by atomic mass is 10.1. The molecular formula is C15H13F3N2O4S. The van der Waals surface area contributed by atoms with Gasteiger partial charge in [0.25, 0.3) is 15.8 Å². The molecule has 1 aromatic carbocycles. The van der Waals surface area contributed by atoms with Crippen LogP contribution in [-0.2, 0) is 14.3 Å². The summed E-state index contributed by atoms with van der Waals surface area (Å²) < 4.78 is 69.1. The summed E-state index contributed by atoms with van der Waals surface area (Å²) in [7, 11) is -4.28. The fraction of sp³-hybridized carbons (Fsp3) is 0.267. The first-order valence-electron chi connectivity index (χ1n) is 7.12. The van der Waals surface area contributed by atoms with Crippen LogP contribution in [0, 0.1) is 0 Å². The zero-order valence-electron chi connectivity index (χ0n) is 12.6. The lowest BCUT2D eigenvalue weighted by Gasteiger charge is -2.33. The van der Waals surface area contributed by atoms with Crippen molar-refractivity contribution in [1.29, 1.82) is 0 Å². The SMILES string of the molecule is O=S(=O)(OC[C@@H]1N2C=CC=CC2=N[C@@]1(O)C(F)(F)F)c1ccccc1. The maximum Gasteiger partial charge on any atom is 0.440 e. The van der Waals surface area contributed by atoms with E-state index in [-0.39, 0.29) is 10.7 Å². The van der Waals surface area contributed by atoms with Crippen LogP contribution in [-0.4, -0.2) is 48.8 Å². The van der Waals surface area contributed by atoms with E-state index < -0.39 is 34.7 Å². The Balaban J connectivity index is 1.88. The predicted octanol–water partition coefficient (Wildman–Crippen LogP) is 1.81. The van der Waals surface area contributed by atoms with Crippen molar-refractivity contribution in [1.82, 2.24) is 4.90 Å². The van der Waals surface area contributed by atoms with Gasteiger partial charge in [-0.1, -0.05) is 24.3 Å². The van der Waals surface area contributed by atoms with E-state index in [0.717, 1.165) is 4.90 Å². The van der Waals surface area contributed by atoms with E-state index in [1.54, 1.807) is 6.07 Å². The third-order valence-electron chi connectivity index (χ3n) is 3.78. The lowest BCUT2D eigenvalue weighted by Crippen LogP contribution is -2.56. The number of fused-ring (bicyclic) bond motifs is 1. The van der Waals surface area contributed by atoms with Gasteiger partial charge in [-0.25, -0.2) is 4.99 Å². The second-order valence-corrected chi connectivity index (χ2v) is 6.98. The van der Waals surface area contributed by atoms with Crippen molar-refractivity contribution in [3.63, 3.8) is 0 Å². The first-order valence-corrected chi connectivity index (χ1v) is 8.53. The summed E-state index contributed by atoms with van der Waals surface area (Å²) in [6.45, 7) is -0.932. The summed E-state index contributed by atoms with van der Waals surface area (Å²) in [5.41, 5.74) is -3.48. The molecule has 2 heterocycles. The summed E-state index contributed by atoms with van der Waals surface area (Å²) >= 11 is 0. The summed E-state index contributed by atoms with van der Waals surface area (Å²) in [6.07, 6.45) is 0.341. The van der Waals surface area contributed by atoms with Gasteiger partial charge in [0.15, 0.2) is 0 Å². The Morgan fingerprint density at radius 3 is 2.56 bits per heavy atom. The van der Waals surface area contributed by atoms with E-state index in [4.69, 9.17) is 4.18 Å². The maximum atomic E-state index is 13.3. The van der Waals surface area contributed by atoms with Crippen LogP contribution in [0.15, 0.2) is 64.6 Å². The maximum absolute atomic E-state index is 13.3. The molecule has 0 amide bonds. The average Bonchev–Trinajstić information content (AvgIpc) is 2.86. The number of aliphatic imine (C=N–C) groups is 1. The van der Waals surface area contributed by atoms with Gasteiger partial charge >= 0.3 is 6.18 Å². The normalized spacial score (nSPS) is 25.8. The largest absolute Gasteiger partial charge is 0.440 e. The minimum atomic E-state index is -5.11. The van der Waals surface area contributed by atoms with E-state index >= 15 is 0 Å². The van der Waals surface area contributed by atoms with Gasteiger partial charge in [-0.05, 0) is 24.3 Å². The Hall–Kier alpha value is -2.17. The van der Waals surface area contributed by atoms with Crippen molar-refractivity contribution in [2.45, 2.75) is 22.8 Å².